The van der Waals surface area contributed by atoms with Gasteiger partial charge in [-0.05, 0) is 24.1 Å². The molecule has 1 aromatic rings. The van der Waals surface area contributed by atoms with Crippen molar-refractivity contribution in [3.63, 3.8) is 0 Å². The lowest BCUT2D eigenvalue weighted by atomic mass is 9.99. The zero-order chi connectivity index (χ0) is 14.9. The molecule has 2 rings (SSSR count). The molecule has 1 aliphatic heterocycles. The maximum Gasteiger partial charge on any atom is 0.310 e. The summed E-state index contributed by atoms with van der Waals surface area (Å²) in [7, 11) is 1.32. The van der Waals surface area contributed by atoms with Gasteiger partial charge in [-0.3, -0.25) is 9.59 Å². The van der Waals surface area contributed by atoms with Crippen LogP contribution in [0.5, 0.6) is 0 Å². The molecule has 1 fully saturated rings. The third kappa shape index (κ3) is 2.59. The standard InChI is InChI=1S/C14H17FN2O3/c1-8-6-17(7-11(8)14(19)20-2)13(18)10-4-3-9(16)5-12(10)15/h3-5,8,11H,6-7,16H2,1-2H3. The van der Waals surface area contributed by atoms with Crippen molar-refractivity contribution >= 4 is 17.6 Å². The Kier molecular flexibility index (Phi) is 3.92. The molecule has 0 spiro atoms. The van der Waals surface area contributed by atoms with Crippen molar-refractivity contribution in [2.75, 3.05) is 25.9 Å². The highest BCUT2D eigenvalue weighted by atomic mass is 19.1. The molecule has 2 unspecified atom stereocenters. The topological polar surface area (TPSA) is 72.6 Å². The molecular formula is C14H17FN2O3. The number of nitrogens with two attached hydrogens (primary N) is 1. The Morgan fingerprint density at radius 1 is 1.40 bits per heavy atom. The fourth-order valence-corrected chi connectivity index (χ4v) is 2.47. The van der Waals surface area contributed by atoms with Crippen molar-refractivity contribution in [3.8, 4) is 0 Å². The summed E-state index contributed by atoms with van der Waals surface area (Å²) < 4.78 is 18.5. The number of nitrogens with zero attached hydrogens (tertiary/aromatic N) is 1. The van der Waals surface area contributed by atoms with Crippen LogP contribution in [0.15, 0.2) is 18.2 Å². The number of ether oxygens (including phenoxy) is 1. The monoisotopic (exact) mass is 280 g/mol. The summed E-state index contributed by atoms with van der Waals surface area (Å²) in [5, 5.41) is 0. The van der Waals surface area contributed by atoms with Gasteiger partial charge in [0, 0.05) is 18.8 Å². The first-order valence-electron chi connectivity index (χ1n) is 6.36. The number of carbonyl (C=O) groups is 2. The summed E-state index contributed by atoms with van der Waals surface area (Å²) in [6, 6.07) is 3.96. The van der Waals surface area contributed by atoms with E-state index < -0.39 is 11.7 Å². The molecule has 1 heterocycles. The van der Waals surface area contributed by atoms with Crippen LogP contribution in [0.3, 0.4) is 0 Å². The van der Waals surface area contributed by atoms with Crippen molar-refractivity contribution in [1.29, 1.82) is 0 Å². The van der Waals surface area contributed by atoms with Gasteiger partial charge in [0.05, 0.1) is 18.6 Å². The molecule has 1 aromatic carbocycles. The summed E-state index contributed by atoms with van der Waals surface area (Å²) in [4.78, 5) is 25.3. The van der Waals surface area contributed by atoms with E-state index in [9.17, 15) is 14.0 Å². The maximum absolute atomic E-state index is 13.8. The molecule has 2 atom stereocenters. The molecule has 5 nitrogen and oxygen atoms in total. The fraction of sp³-hybridized carbons (Fsp3) is 0.429. The van der Waals surface area contributed by atoms with Crippen LogP contribution in [0.4, 0.5) is 10.1 Å². The van der Waals surface area contributed by atoms with E-state index in [1.807, 2.05) is 6.92 Å². The third-order valence-electron chi connectivity index (χ3n) is 3.63. The minimum absolute atomic E-state index is 0.0109. The zero-order valence-electron chi connectivity index (χ0n) is 11.4. The van der Waals surface area contributed by atoms with Crippen LogP contribution < -0.4 is 5.73 Å². The lowest BCUT2D eigenvalue weighted by Gasteiger charge is -2.16. The number of esters is 1. The first kappa shape index (κ1) is 14.3. The van der Waals surface area contributed by atoms with E-state index in [1.165, 1.54) is 24.1 Å². The second kappa shape index (κ2) is 5.48. The first-order valence-corrected chi connectivity index (χ1v) is 6.36. The number of carbonyl (C=O) groups excluding carboxylic acids is 2. The Labute approximate surface area is 116 Å². The number of rotatable bonds is 2. The smallest absolute Gasteiger partial charge is 0.310 e. The predicted molar refractivity (Wildman–Crippen MR) is 71.4 cm³/mol. The molecule has 0 saturated carbocycles. The Bertz CT molecular complexity index is 547. The highest BCUT2D eigenvalue weighted by molar-refractivity contribution is 5.95. The Morgan fingerprint density at radius 3 is 2.70 bits per heavy atom. The number of nitrogen functional groups attached to an aromatic ring is 1. The van der Waals surface area contributed by atoms with Crippen molar-refractivity contribution in [1.82, 2.24) is 4.90 Å². The van der Waals surface area contributed by atoms with Crippen molar-refractivity contribution in [3.05, 3.63) is 29.6 Å². The van der Waals surface area contributed by atoms with Gasteiger partial charge in [0.1, 0.15) is 5.82 Å². The molecule has 0 radical (unpaired) electrons. The summed E-state index contributed by atoms with van der Waals surface area (Å²) >= 11 is 0. The van der Waals surface area contributed by atoms with E-state index in [-0.39, 0.29) is 35.6 Å². The van der Waals surface area contributed by atoms with Crippen LogP contribution in [0.25, 0.3) is 0 Å². The highest BCUT2D eigenvalue weighted by Crippen LogP contribution is 2.26. The molecule has 0 aliphatic carbocycles. The number of hydrogen-bond donors (Lipinski definition) is 1. The molecule has 6 heteroatoms. The highest BCUT2D eigenvalue weighted by Gasteiger charge is 2.38. The largest absolute Gasteiger partial charge is 0.469 e. The predicted octanol–water partition coefficient (Wildman–Crippen LogP) is 1.29. The molecule has 20 heavy (non-hydrogen) atoms. The average molecular weight is 280 g/mol. The average Bonchev–Trinajstić information content (AvgIpc) is 2.79. The van der Waals surface area contributed by atoms with Crippen LogP contribution in [0, 0.1) is 17.7 Å². The fourth-order valence-electron chi connectivity index (χ4n) is 2.47. The minimum Gasteiger partial charge on any atom is -0.469 e. The van der Waals surface area contributed by atoms with E-state index in [0.717, 1.165) is 6.07 Å². The zero-order valence-corrected chi connectivity index (χ0v) is 11.4. The number of hydrogen-bond acceptors (Lipinski definition) is 4. The summed E-state index contributed by atoms with van der Waals surface area (Å²) in [6.45, 7) is 2.52. The van der Waals surface area contributed by atoms with Gasteiger partial charge >= 0.3 is 5.97 Å². The summed E-state index contributed by atoms with van der Waals surface area (Å²) in [5.74, 6) is -1.79. The number of methoxy groups -OCH3 is 1. The van der Waals surface area contributed by atoms with Crippen LogP contribution in [-0.4, -0.2) is 37.0 Å². The van der Waals surface area contributed by atoms with Gasteiger partial charge in [-0.25, -0.2) is 4.39 Å². The SMILES string of the molecule is COC(=O)C1CN(C(=O)c2ccc(N)cc2F)CC1C. The number of likely N-dealkylation sites (tertiary alicyclic amines) is 1. The molecule has 0 aromatic heterocycles. The van der Waals surface area contributed by atoms with Gasteiger partial charge in [-0.1, -0.05) is 6.92 Å². The van der Waals surface area contributed by atoms with E-state index in [2.05, 4.69) is 0 Å². The van der Waals surface area contributed by atoms with Crippen LogP contribution in [-0.2, 0) is 9.53 Å². The van der Waals surface area contributed by atoms with Gasteiger partial charge in [-0.2, -0.15) is 0 Å². The summed E-state index contributed by atoms with van der Waals surface area (Å²) in [5.41, 5.74) is 5.69. The molecule has 1 amide bonds. The number of amides is 1. The molecule has 1 saturated heterocycles. The lowest BCUT2D eigenvalue weighted by Crippen LogP contribution is -2.30. The lowest BCUT2D eigenvalue weighted by molar-refractivity contribution is -0.146. The Balaban J connectivity index is 2.17. The van der Waals surface area contributed by atoms with Crippen LogP contribution in [0.1, 0.15) is 17.3 Å². The maximum atomic E-state index is 13.8. The molecule has 108 valence electrons. The van der Waals surface area contributed by atoms with Gasteiger partial charge in [-0.15, -0.1) is 0 Å². The molecule has 0 bridgehead atoms. The summed E-state index contributed by atoms with van der Waals surface area (Å²) in [6.07, 6.45) is 0. The number of halogens is 1. The van der Waals surface area contributed by atoms with E-state index in [4.69, 9.17) is 10.5 Å². The second-order valence-corrected chi connectivity index (χ2v) is 5.06. The quantitative estimate of drug-likeness (QED) is 0.654. The molecule has 2 N–H and O–H groups in total. The van der Waals surface area contributed by atoms with Crippen molar-refractivity contribution < 1.29 is 18.7 Å². The number of anilines is 1. The van der Waals surface area contributed by atoms with Crippen molar-refractivity contribution in [2.24, 2.45) is 11.8 Å². The van der Waals surface area contributed by atoms with Gasteiger partial charge in [0.15, 0.2) is 0 Å². The third-order valence-corrected chi connectivity index (χ3v) is 3.63. The van der Waals surface area contributed by atoms with Crippen molar-refractivity contribution in [2.45, 2.75) is 6.92 Å². The molecule has 1 aliphatic rings. The van der Waals surface area contributed by atoms with Crippen LogP contribution in [0.2, 0.25) is 0 Å². The van der Waals surface area contributed by atoms with Gasteiger partial charge in [0.25, 0.3) is 5.91 Å². The van der Waals surface area contributed by atoms with Gasteiger partial charge in [0.2, 0.25) is 0 Å². The normalized spacial score (nSPS) is 21.9. The van der Waals surface area contributed by atoms with E-state index >= 15 is 0 Å². The minimum atomic E-state index is -0.649. The van der Waals surface area contributed by atoms with E-state index in [0.29, 0.717) is 6.54 Å². The van der Waals surface area contributed by atoms with Crippen LogP contribution >= 0.6 is 0 Å². The first-order chi connectivity index (χ1) is 9.43. The number of benzene rings is 1. The van der Waals surface area contributed by atoms with Gasteiger partial charge < -0.3 is 15.4 Å². The Hall–Kier alpha value is -2.11. The van der Waals surface area contributed by atoms with E-state index in [1.54, 1.807) is 0 Å². The molecular weight excluding hydrogens is 263 g/mol. The Morgan fingerprint density at radius 2 is 2.10 bits per heavy atom. The second-order valence-electron chi connectivity index (χ2n) is 5.06.